The van der Waals surface area contributed by atoms with E-state index in [0.717, 1.165) is 55.6 Å². The van der Waals surface area contributed by atoms with Gasteiger partial charge in [-0.3, -0.25) is 9.80 Å². The third-order valence-corrected chi connectivity index (χ3v) is 6.41. The van der Waals surface area contributed by atoms with E-state index in [2.05, 4.69) is 66.8 Å². The van der Waals surface area contributed by atoms with Crippen LogP contribution in [0.15, 0.2) is 72.8 Å². The van der Waals surface area contributed by atoms with Gasteiger partial charge in [0.25, 0.3) is 0 Å². The molecule has 1 N–H and O–H groups in total. The van der Waals surface area contributed by atoms with Crippen LogP contribution >= 0.6 is 11.6 Å². The molecule has 1 fully saturated rings. The number of nitrogens with one attached hydrogen (secondary N) is 1. The van der Waals surface area contributed by atoms with Crippen LogP contribution in [-0.2, 0) is 6.54 Å². The van der Waals surface area contributed by atoms with Crippen molar-refractivity contribution < 1.29 is 4.74 Å². The van der Waals surface area contributed by atoms with E-state index < -0.39 is 0 Å². The molecule has 0 saturated carbocycles. The Labute approximate surface area is 204 Å². The molecule has 34 heavy (non-hydrogen) atoms. The maximum Gasteiger partial charge on any atom is 0.179 e. The van der Waals surface area contributed by atoms with Crippen LogP contribution in [0.4, 0.5) is 0 Å². The first kappa shape index (κ1) is 22.5. The Balaban J connectivity index is 1.10. The van der Waals surface area contributed by atoms with Crippen molar-refractivity contribution >= 4 is 11.6 Å². The van der Waals surface area contributed by atoms with Gasteiger partial charge in [0.2, 0.25) is 0 Å². The molecule has 1 saturated heterocycles. The van der Waals surface area contributed by atoms with Crippen LogP contribution in [-0.4, -0.2) is 69.8 Å². The van der Waals surface area contributed by atoms with Crippen LogP contribution in [0.5, 0.6) is 5.75 Å². The van der Waals surface area contributed by atoms with E-state index in [1.807, 2.05) is 36.4 Å². The molecule has 174 valence electrons. The van der Waals surface area contributed by atoms with E-state index >= 15 is 0 Å². The molecule has 1 aliphatic rings. The van der Waals surface area contributed by atoms with Crippen molar-refractivity contribution in [3.05, 3.63) is 83.4 Å². The molecule has 0 spiro atoms. The second-order valence-corrected chi connectivity index (χ2v) is 8.84. The predicted molar refractivity (Wildman–Crippen MR) is 134 cm³/mol. The Morgan fingerprint density at radius 2 is 1.65 bits per heavy atom. The lowest BCUT2D eigenvalue weighted by molar-refractivity contribution is 0.112. The first-order valence-electron chi connectivity index (χ1n) is 11.5. The Kier molecular flexibility index (Phi) is 7.14. The molecule has 1 aliphatic heterocycles. The quantitative estimate of drug-likeness (QED) is 0.408. The molecule has 0 unspecified atom stereocenters. The van der Waals surface area contributed by atoms with E-state index in [1.54, 1.807) is 0 Å². The van der Waals surface area contributed by atoms with Crippen molar-refractivity contribution in [1.29, 1.82) is 0 Å². The highest BCUT2D eigenvalue weighted by atomic mass is 35.5. The molecule has 0 amide bonds. The zero-order valence-electron chi connectivity index (χ0n) is 18.9. The van der Waals surface area contributed by atoms with Crippen molar-refractivity contribution in [2.45, 2.75) is 6.54 Å². The van der Waals surface area contributed by atoms with E-state index in [-0.39, 0.29) is 0 Å². The van der Waals surface area contributed by atoms with Crippen molar-refractivity contribution in [2.24, 2.45) is 0 Å². The molecule has 8 heteroatoms. The number of ether oxygens (including phenoxy) is 1. The number of aromatic amines is 1. The monoisotopic (exact) mass is 474 g/mol. The summed E-state index contributed by atoms with van der Waals surface area (Å²) in [5, 5.41) is 14.8. The topological polar surface area (TPSA) is 70.2 Å². The van der Waals surface area contributed by atoms with E-state index in [1.165, 1.54) is 16.7 Å². The molecule has 0 aliphatic carbocycles. The maximum absolute atomic E-state index is 6.08. The normalized spacial score (nSPS) is 14.9. The Morgan fingerprint density at radius 3 is 2.44 bits per heavy atom. The van der Waals surface area contributed by atoms with Gasteiger partial charge in [-0.1, -0.05) is 60.1 Å². The number of hydrogen-bond acceptors (Lipinski definition) is 6. The summed E-state index contributed by atoms with van der Waals surface area (Å²) < 4.78 is 6.00. The minimum atomic E-state index is 0.638. The molecule has 1 aromatic heterocycles. The van der Waals surface area contributed by atoms with Crippen LogP contribution in [0.3, 0.4) is 0 Å². The van der Waals surface area contributed by atoms with Gasteiger partial charge in [0.1, 0.15) is 12.4 Å². The summed E-state index contributed by atoms with van der Waals surface area (Å²) in [6.45, 7) is 6.67. The summed E-state index contributed by atoms with van der Waals surface area (Å²) >= 11 is 6.08. The lowest BCUT2D eigenvalue weighted by Crippen LogP contribution is -2.47. The first-order valence-corrected chi connectivity index (χ1v) is 11.9. The number of halogens is 1. The van der Waals surface area contributed by atoms with Crippen LogP contribution in [0.1, 0.15) is 5.56 Å². The van der Waals surface area contributed by atoms with Gasteiger partial charge < -0.3 is 4.74 Å². The largest absolute Gasteiger partial charge is 0.492 e. The molecule has 3 aromatic carbocycles. The van der Waals surface area contributed by atoms with Crippen molar-refractivity contribution in [3.63, 3.8) is 0 Å². The molecule has 5 rings (SSSR count). The highest BCUT2D eigenvalue weighted by Crippen LogP contribution is 2.26. The number of tetrazole rings is 1. The van der Waals surface area contributed by atoms with E-state index in [9.17, 15) is 0 Å². The minimum Gasteiger partial charge on any atom is -0.492 e. The van der Waals surface area contributed by atoms with Crippen LogP contribution in [0.25, 0.3) is 22.5 Å². The van der Waals surface area contributed by atoms with Crippen LogP contribution in [0, 0.1) is 0 Å². The minimum absolute atomic E-state index is 0.638. The number of nitrogens with zero attached hydrogens (tertiary/aromatic N) is 5. The number of aromatic nitrogens is 4. The summed E-state index contributed by atoms with van der Waals surface area (Å²) in [4.78, 5) is 4.99. The molecule has 4 aromatic rings. The van der Waals surface area contributed by atoms with E-state index in [0.29, 0.717) is 12.4 Å². The Hall–Kier alpha value is -3.26. The van der Waals surface area contributed by atoms with Crippen molar-refractivity contribution in [3.8, 4) is 28.3 Å². The van der Waals surface area contributed by atoms with Gasteiger partial charge in [-0.25, -0.2) is 5.10 Å². The molecule has 0 radical (unpaired) electrons. The molecule has 7 nitrogen and oxygen atoms in total. The Bertz CT molecular complexity index is 1190. The van der Waals surface area contributed by atoms with Gasteiger partial charge in [0.05, 0.1) is 0 Å². The highest BCUT2D eigenvalue weighted by Gasteiger charge is 2.18. The number of H-pyrrole nitrogens is 1. The summed E-state index contributed by atoms with van der Waals surface area (Å²) in [5.74, 6) is 1.46. The van der Waals surface area contributed by atoms with Gasteiger partial charge in [0.15, 0.2) is 5.82 Å². The van der Waals surface area contributed by atoms with Gasteiger partial charge in [-0.15, -0.1) is 5.10 Å². The zero-order valence-corrected chi connectivity index (χ0v) is 19.7. The summed E-state index contributed by atoms with van der Waals surface area (Å²) in [5.41, 5.74) is 4.75. The number of hydrogen-bond donors (Lipinski definition) is 1. The number of piperazine rings is 1. The first-order chi connectivity index (χ1) is 16.7. The fraction of sp³-hybridized carbons (Fsp3) is 0.269. The summed E-state index contributed by atoms with van der Waals surface area (Å²) in [7, 11) is 0. The molecule has 0 atom stereocenters. The molecule has 0 bridgehead atoms. The number of benzene rings is 3. The van der Waals surface area contributed by atoms with Crippen LogP contribution in [0.2, 0.25) is 5.02 Å². The number of rotatable bonds is 8. The van der Waals surface area contributed by atoms with Crippen molar-refractivity contribution in [2.75, 3.05) is 39.3 Å². The highest BCUT2D eigenvalue weighted by molar-refractivity contribution is 6.30. The SMILES string of the molecule is Clc1ccc(-c2ccccc2CN2CCN(CCOc3cccc(-c4nnn[nH]4)c3)CC2)cc1. The van der Waals surface area contributed by atoms with Gasteiger partial charge in [-0.05, 0) is 51.4 Å². The Morgan fingerprint density at radius 1 is 0.853 bits per heavy atom. The van der Waals surface area contributed by atoms with E-state index in [4.69, 9.17) is 16.3 Å². The third-order valence-electron chi connectivity index (χ3n) is 6.16. The second kappa shape index (κ2) is 10.8. The molecular formula is C26H27ClN6O. The second-order valence-electron chi connectivity index (χ2n) is 8.41. The van der Waals surface area contributed by atoms with Crippen LogP contribution < -0.4 is 4.74 Å². The fourth-order valence-corrected chi connectivity index (χ4v) is 4.41. The van der Waals surface area contributed by atoms with Gasteiger partial charge >= 0.3 is 0 Å². The fourth-order valence-electron chi connectivity index (χ4n) is 4.29. The maximum atomic E-state index is 6.08. The average molecular weight is 475 g/mol. The summed E-state index contributed by atoms with van der Waals surface area (Å²) in [6.07, 6.45) is 0. The smallest absolute Gasteiger partial charge is 0.179 e. The summed E-state index contributed by atoms with van der Waals surface area (Å²) in [6, 6.07) is 24.6. The van der Waals surface area contributed by atoms with Gasteiger partial charge in [0, 0.05) is 49.9 Å². The average Bonchev–Trinajstić information content (AvgIpc) is 3.42. The lowest BCUT2D eigenvalue weighted by atomic mass is 9.99. The standard InChI is InChI=1S/C26H27ClN6O/c27-23-10-8-20(9-11-23)25-7-2-1-4-22(25)19-33-14-12-32(13-15-33)16-17-34-24-6-3-5-21(18-24)26-28-30-31-29-26/h1-11,18H,12-17,19H2,(H,28,29,30,31). The zero-order chi connectivity index (χ0) is 23.2. The third kappa shape index (κ3) is 5.62. The van der Waals surface area contributed by atoms with Crippen molar-refractivity contribution in [1.82, 2.24) is 30.4 Å². The molecular weight excluding hydrogens is 448 g/mol. The molecule has 2 heterocycles. The lowest BCUT2D eigenvalue weighted by Gasteiger charge is -2.35. The van der Waals surface area contributed by atoms with Gasteiger partial charge in [-0.2, -0.15) is 0 Å². The predicted octanol–water partition coefficient (Wildman–Crippen LogP) is 4.38.